The van der Waals surface area contributed by atoms with E-state index in [1.807, 2.05) is 12.1 Å². The lowest BCUT2D eigenvalue weighted by atomic mass is 10.2. The van der Waals surface area contributed by atoms with E-state index in [1.165, 1.54) is 0 Å². The summed E-state index contributed by atoms with van der Waals surface area (Å²) in [4.78, 5) is 0. The van der Waals surface area contributed by atoms with Crippen LogP contribution in [0.3, 0.4) is 0 Å². The summed E-state index contributed by atoms with van der Waals surface area (Å²) in [5.74, 6) is 1.21. The van der Waals surface area contributed by atoms with Crippen LogP contribution in [0, 0.1) is 5.92 Å². The third kappa shape index (κ3) is 5.99. The molecular weight excluding hydrogens is 390 g/mol. The highest BCUT2D eigenvalue weighted by Crippen LogP contribution is 2.34. The van der Waals surface area contributed by atoms with Crippen LogP contribution < -0.4 is 10.1 Å². The first-order valence-electron chi connectivity index (χ1n) is 6.46. The van der Waals surface area contributed by atoms with Gasteiger partial charge in [0.15, 0.2) is 0 Å². The zero-order valence-electron chi connectivity index (χ0n) is 12.0. The fourth-order valence-corrected chi connectivity index (χ4v) is 2.84. The Labute approximate surface area is 137 Å². The maximum atomic E-state index is 9.85. The number of benzene rings is 1. The number of anilines is 1. The Balaban J connectivity index is 2.48. The average Bonchev–Trinajstić information content (AvgIpc) is 2.37. The van der Waals surface area contributed by atoms with Gasteiger partial charge in [-0.2, -0.15) is 0 Å². The lowest BCUT2D eigenvalue weighted by Gasteiger charge is -2.16. The molecule has 2 N–H and O–H groups in total. The summed E-state index contributed by atoms with van der Waals surface area (Å²) in [5.41, 5.74) is 0.868. The van der Waals surface area contributed by atoms with E-state index in [4.69, 9.17) is 9.47 Å². The van der Waals surface area contributed by atoms with Gasteiger partial charge < -0.3 is 19.9 Å². The van der Waals surface area contributed by atoms with Gasteiger partial charge >= 0.3 is 0 Å². The minimum atomic E-state index is -0.546. The van der Waals surface area contributed by atoms with E-state index in [2.05, 4.69) is 51.0 Å². The Bertz CT molecular complexity index is 427. The summed E-state index contributed by atoms with van der Waals surface area (Å²) in [6, 6.07) is 3.78. The van der Waals surface area contributed by atoms with Crippen molar-refractivity contribution in [3.63, 3.8) is 0 Å². The maximum absolute atomic E-state index is 9.85. The summed E-state index contributed by atoms with van der Waals surface area (Å²) in [7, 11) is 1.62. The van der Waals surface area contributed by atoms with Crippen molar-refractivity contribution in [3.8, 4) is 5.75 Å². The fraction of sp³-hybridized carbons (Fsp3) is 0.571. The third-order valence-electron chi connectivity index (χ3n) is 2.53. The van der Waals surface area contributed by atoms with Crippen molar-refractivity contribution in [3.05, 3.63) is 21.1 Å². The fourth-order valence-electron chi connectivity index (χ4n) is 1.55. The predicted molar refractivity (Wildman–Crippen MR) is 88.5 cm³/mol. The maximum Gasteiger partial charge on any atom is 0.135 e. The first-order valence-corrected chi connectivity index (χ1v) is 8.05. The minimum absolute atomic E-state index is 0.330. The molecule has 1 unspecified atom stereocenters. The molecule has 0 heterocycles. The van der Waals surface area contributed by atoms with Gasteiger partial charge in [-0.25, -0.2) is 0 Å². The Morgan fingerprint density at radius 1 is 1.20 bits per heavy atom. The molecule has 1 aromatic carbocycles. The van der Waals surface area contributed by atoms with Gasteiger partial charge in [-0.3, -0.25) is 0 Å². The summed E-state index contributed by atoms with van der Waals surface area (Å²) >= 11 is 6.89. The topological polar surface area (TPSA) is 50.7 Å². The van der Waals surface area contributed by atoms with Crippen LogP contribution in [0.1, 0.15) is 13.8 Å². The second kappa shape index (κ2) is 8.87. The van der Waals surface area contributed by atoms with Crippen molar-refractivity contribution in [1.29, 1.82) is 0 Å². The SMILES string of the molecule is COc1cc(NCC(O)COCC(C)C)c(Br)cc1Br. The summed E-state index contributed by atoms with van der Waals surface area (Å²) in [6.07, 6.45) is -0.546. The Hall–Kier alpha value is -0.300. The van der Waals surface area contributed by atoms with Crippen LogP contribution in [-0.4, -0.2) is 38.1 Å². The van der Waals surface area contributed by atoms with E-state index in [9.17, 15) is 5.11 Å². The number of aliphatic hydroxyl groups excluding tert-OH is 1. The number of hydrogen-bond donors (Lipinski definition) is 2. The number of nitrogens with one attached hydrogen (secondary N) is 1. The molecule has 0 fully saturated rings. The highest BCUT2D eigenvalue weighted by atomic mass is 79.9. The number of methoxy groups -OCH3 is 1. The van der Waals surface area contributed by atoms with Gasteiger partial charge in [-0.15, -0.1) is 0 Å². The van der Waals surface area contributed by atoms with E-state index in [1.54, 1.807) is 7.11 Å². The van der Waals surface area contributed by atoms with E-state index in [0.29, 0.717) is 25.7 Å². The van der Waals surface area contributed by atoms with Gasteiger partial charge in [-0.05, 0) is 43.8 Å². The molecule has 114 valence electrons. The largest absolute Gasteiger partial charge is 0.495 e. The molecule has 0 aliphatic carbocycles. The van der Waals surface area contributed by atoms with Crippen LogP contribution in [0.15, 0.2) is 21.1 Å². The molecule has 0 radical (unpaired) electrons. The van der Waals surface area contributed by atoms with Crippen molar-refractivity contribution >= 4 is 37.5 Å². The van der Waals surface area contributed by atoms with E-state index >= 15 is 0 Å². The number of hydrogen-bond acceptors (Lipinski definition) is 4. The van der Waals surface area contributed by atoms with Gasteiger partial charge in [0.25, 0.3) is 0 Å². The van der Waals surface area contributed by atoms with E-state index in [-0.39, 0.29) is 0 Å². The molecule has 0 amide bonds. The standard InChI is InChI=1S/C14H21Br2NO3/c1-9(2)7-20-8-10(18)6-17-13-5-14(19-3)12(16)4-11(13)15/h4-5,9-10,17-18H,6-8H2,1-3H3. The van der Waals surface area contributed by atoms with Crippen LogP contribution in [0.25, 0.3) is 0 Å². The molecular formula is C14H21Br2NO3. The molecule has 1 rings (SSSR count). The third-order valence-corrected chi connectivity index (χ3v) is 3.81. The first kappa shape index (κ1) is 17.8. The van der Waals surface area contributed by atoms with Gasteiger partial charge in [0, 0.05) is 23.7 Å². The molecule has 0 saturated carbocycles. The van der Waals surface area contributed by atoms with Crippen LogP contribution in [0.4, 0.5) is 5.69 Å². The predicted octanol–water partition coefficient (Wildman–Crippen LogP) is 3.67. The summed E-state index contributed by atoms with van der Waals surface area (Å²) in [5, 5.41) is 13.0. The zero-order valence-corrected chi connectivity index (χ0v) is 15.1. The molecule has 0 saturated heterocycles. The van der Waals surface area contributed by atoms with Crippen LogP contribution >= 0.6 is 31.9 Å². The molecule has 6 heteroatoms. The van der Waals surface area contributed by atoms with Crippen molar-refractivity contribution in [1.82, 2.24) is 0 Å². The average molecular weight is 411 g/mol. The van der Waals surface area contributed by atoms with Gasteiger partial charge in [0.2, 0.25) is 0 Å². The zero-order chi connectivity index (χ0) is 15.1. The molecule has 0 spiro atoms. The smallest absolute Gasteiger partial charge is 0.135 e. The van der Waals surface area contributed by atoms with Crippen molar-refractivity contribution in [2.45, 2.75) is 20.0 Å². The monoisotopic (exact) mass is 409 g/mol. The highest BCUT2D eigenvalue weighted by molar-refractivity contribution is 9.11. The lowest BCUT2D eigenvalue weighted by molar-refractivity contribution is 0.0318. The number of rotatable bonds is 8. The quantitative estimate of drug-likeness (QED) is 0.686. The normalized spacial score (nSPS) is 12.6. The Morgan fingerprint density at radius 3 is 2.50 bits per heavy atom. The first-order chi connectivity index (χ1) is 9.43. The van der Waals surface area contributed by atoms with Gasteiger partial charge in [-0.1, -0.05) is 13.8 Å². The molecule has 0 aliphatic rings. The highest BCUT2D eigenvalue weighted by Gasteiger charge is 2.09. The van der Waals surface area contributed by atoms with Crippen LogP contribution in [-0.2, 0) is 4.74 Å². The molecule has 0 aromatic heterocycles. The number of ether oxygens (including phenoxy) is 2. The molecule has 4 nitrogen and oxygen atoms in total. The molecule has 20 heavy (non-hydrogen) atoms. The summed E-state index contributed by atoms with van der Waals surface area (Å²) < 4.78 is 12.4. The van der Waals surface area contributed by atoms with Gasteiger partial charge in [0.05, 0.1) is 30.0 Å². The number of aliphatic hydroxyl groups is 1. The molecule has 0 aliphatic heterocycles. The van der Waals surface area contributed by atoms with E-state index < -0.39 is 6.10 Å². The lowest BCUT2D eigenvalue weighted by Crippen LogP contribution is -2.25. The van der Waals surface area contributed by atoms with E-state index in [0.717, 1.165) is 20.4 Å². The van der Waals surface area contributed by atoms with Crippen molar-refractivity contribution < 1.29 is 14.6 Å². The second-order valence-electron chi connectivity index (χ2n) is 4.93. The van der Waals surface area contributed by atoms with Crippen LogP contribution in [0.5, 0.6) is 5.75 Å². The minimum Gasteiger partial charge on any atom is -0.495 e. The van der Waals surface area contributed by atoms with Crippen molar-refractivity contribution in [2.75, 3.05) is 32.2 Å². The molecule has 0 bridgehead atoms. The van der Waals surface area contributed by atoms with Crippen molar-refractivity contribution in [2.24, 2.45) is 5.92 Å². The second-order valence-corrected chi connectivity index (χ2v) is 6.64. The Morgan fingerprint density at radius 2 is 1.90 bits per heavy atom. The molecule has 1 aromatic rings. The number of halogens is 2. The van der Waals surface area contributed by atoms with Gasteiger partial charge in [0.1, 0.15) is 5.75 Å². The van der Waals surface area contributed by atoms with Crippen LogP contribution in [0.2, 0.25) is 0 Å². The Kier molecular flexibility index (Phi) is 7.87. The molecule has 1 atom stereocenters. The summed E-state index contributed by atoms with van der Waals surface area (Å²) in [6.45, 7) is 5.57.